The van der Waals surface area contributed by atoms with Gasteiger partial charge in [0.05, 0.1) is 12.1 Å². The summed E-state index contributed by atoms with van der Waals surface area (Å²) >= 11 is 0. The van der Waals surface area contributed by atoms with Gasteiger partial charge in [-0.3, -0.25) is 4.98 Å². The first-order valence-corrected chi connectivity index (χ1v) is 7.33. The van der Waals surface area contributed by atoms with E-state index in [0.29, 0.717) is 5.56 Å². The number of esters is 1. The molecule has 0 aliphatic heterocycles. The monoisotopic (exact) mass is 316 g/mol. The summed E-state index contributed by atoms with van der Waals surface area (Å²) in [6, 6.07) is 7.21. The molecule has 1 N–H and O–H groups in total. The Labute approximate surface area is 134 Å². The molecule has 0 saturated carbocycles. The van der Waals surface area contributed by atoms with E-state index < -0.39 is 17.7 Å². The third-order valence-corrected chi connectivity index (χ3v) is 2.91. The molecule has 1 heterocycles. The lowest BCUT2D eigenvalue weighted by molar-refractivity contribution is 0.0435. The summed E-state index contributed by atoms with van der Waals surface area (Å²) in [5.74, 6) is -0.449. The summed E-state index contributed by atoms with van der Waals surface area (Å²) in [5.41, 5.74) is -0.107. The second kappa shape index (κ2) is 7.09. The van der Waals surface area contributed by atoms with Gasteiger partial charge in [0.25, 0.3) is 0 Å². The third-order valence-electron chi connectivity index (χ3n) is 2.91. The lowest BCUT2D eigenvalue weighted by atomic mass is 10.1. The molecule has 0 unspecified atom stereocenters. The number of aromatic nitrogens is 1. The first kappa shape index (κ1) is 16.7. The van der Waals surface area contributed by atoms with Crippen molar-refractivity contribution < 1.29 is 19.1 Å². The normalized spacial score (nSPS) is 11.1. The summed E-state index contributed by atoms with van der Waals surface area (Å²) < 4.78 is 10.3. The van der Waals surface area contributed by atoms with Crippen molar-refractivity contribution in [1.29, 1.82) is 0 Å². The highest BCUT2D eigenvalue weighted by molar-refractivity contribution is 6.04. The van der Waals surface area contributed by atoms with Crippen LogP contribution >= 0.6 is 0 Å². The van der Waals surface area contributed by atoms with Gasteiger partial charge in [0.2, 0.25) is 0 Å². The van der Waals surface area contributed by atoms with Gasteiger partial charge in [-0.2, -0.15) is 0 Å². The number of ether oxygens (including phenoxy) is 2. The zero-order chi connectivity index (χ0) is 16.9. The Morgan fingerprint density at radius 2 is 2.00 bits per heavy atom. The predicted molar refractivity (Wildman–Crippen MR) is 86.3 cm³/mol. The van der Waals surface area contributed by atoms with Gasteiger partial charge < -0.3 is 14.8 Å². The van der Waals surface area contributed by atoms with Gasteiger partial charge in [0.15, 0.2) is 0 Å². The SMILES string of the molecule is CC(C)(C)OC(=O)NCCOC(=O)c1cccc2ccncc12. The second-order valence-electron chi connectivity index (χ2n) is 5.97. The number of alkyl carbamates (subject to hydrolysis) is 1. The molecule has 6 nitrogen and oxygen atoms in total. The summed E-state index contributed by atoms with van der Waals surface area (Å²) in [7, 11) is 0. The topological polar surface area (TPSA) is 77.5 Å². The van der Waals surface area contributed by atoms with Crippen molar-refractivity contribution in [3.8, 4) is 0 Å². The predicted octanol–water partition coefficient (Wildman–Crippen LogP) is 2.92. The largest absolute Gasteiger partial charge is 0.460 e. The van der Waals surface area contributed by atoms with Crippen LogP contribution in [0.2, 0.25) is 0 Å². The molecule has 2 rings (SSSR count). The van der Waals surface area contributed by atoms with Crippen LogP contribution in [0.25, 0.3) is 10.8 Å². The molecule has 0 atom stereocenters. The van der Waals surface area contributed by atoms with E-state index in [1.165, 1.54) is 0 Å². The van der Waals surface area contributed by atoms with Crippen LogP contribution in [0.3, 0.4) is 0 Å². The van der Waals surface area contributed by atoms with Crippen molar-refractivity contribution in [3.05, 3.63) is 42.2 Å². The molecule has 1 aromatic heterocycles. The summed E-state index contributed by atoms with van der Waals surface area (Å²) in [6.07, 6.45) is 2.76. The molecule has 0 saturated heterocycles. The number of fused-ring (bicyclic) bond motifs is 1. The highest BCUT2D eigenvalue weighted by atomic mass is 16.6. The number of amides is 1. The van der Waals surface area contributed by atoms with E-state index in [9.17, 15) is 9.59 Å². The van der Waals surface area contributed by atoms with Crippen LogP contribution in [0.1, 0.15) is 31.1 Å². The Balaban J connectivity index is 1.87. The van der Waals surface area contributed by atoms with Crippen LogP contribution in [0.15, 0.2) is 36.7 Å². The standard InChI is InChI=1S/C17H20N2O4/c1-17(2,3)23-16(21)19-9-10-22-15(20)13-6-4-5-12-7-8-18-11-14(12)13/h4-8,11H,9-10H2,1-3H3,(H,19,21). The fourth-order valence-corrected chi connectivity index (χ4v) is 1.98. The lowest BCUT2D eigenvalue weighted by Crippen LogP contribution is -2.34. The highest BCUT2D eigenvalue weighted by Gasteiger charge is 2.16. The van der Waals surface area contributed by atoms with E-state index in [-0.39, 0.29) is 13.2 Å². The van der Waals surface area contributed by atoms with Crippen LogP contribution in [-0.2, 0) is 9.47 Å². The number of pyridine rings is 1. The van der Waals surface area contributed by atoms with Crippen molar-refractivity contribution in [2.45, 2.75) is 26.4 Å². The number of nitrogens with zero attached hydrogens (tertiary/aromatic N) is 1. The molecule has 0 radical (unpaired) electrons. The molecule has 2 aromatic rings. The second-order valence-corrected chi connectivity index (χ2v) is 5.97. The molecule has 23 heavy (non-hydrogen) atoms. The van der Waals surface area contributed by atoms with Gasteiger partial charge in [-0.1, -0.05) is 12.1 Å². The maximum Gasteiger partial charge on any atom is 0.407 e. The molecule has 122 valence electrons. The smallest absolute Gasteiger partial charge is 0.407 e. The van der Waals surface area contributed by atoms with E-state index in [0.717, 1.165) is 10.8 Å². The molecule has 1 amide bonds. The zero-order valence-corrected chi connectivity index (χ0v) is 13.5. The number of benzene rings is 1. The van der Waals surface area contributed by atoms with Crippen molar-refractivity contribution in [2.24, 2.45) is 0 Å². The molecular weight excluding hydrogens is 296 g/mol. The minimum Gasteiger partial charge on any atom is -0.460 e. The van der Waals surface area contributed by atoms with Crippen molar-refractivity contribution in [3.63, 3.8) is 0 Å². The van der Waals surface area contributed by atoms with Gasteiger partial charge in [-0.15, -0.1) is 0 Å². The Morgan fingerprint density at radius 1 is 1.22 bits per heavy atom. The number of hydrogen-bond donors (Lipinski definition) is 1. The van der Waals surface area contributed by atoms with Gasteiger partial charge in [0, 0.05) is 17.8 Å². The molecule has 1 aromatic carbocycles. The number of carbonyl (C=O) groups excluding carboxylic acids is 2. The Hall–Kier alpha value is -2.63. The van der Waals surface area contributed by atoms with Crippen LogP contribution < -0.4 is 5.32 Å². The van der Waals surface area contributed by atoms with Crippen LogP contribution in [0.5, 0.6) is 0 Å². The van der Waals surface area contributed by atoms with Gasteiger partial charge in [-0.25, -0.2) is 9.59 Å². The van der Waals surface area contributed by atoms with Crippen molar-refractivity contribution >= 4 is 22.8 Å². The maximum absolute atomic E-state index is 12.1. The van der Waals surface area contributed by atoms with Gasteiger partial charge in [-0.05, 0) is 38.3 Å². The lowest BCUT2D eigenvalue weighted by Gasteiger charge is -2.19. The Bertz CT molecular complexity index is 702. The summed E-state index contributed by atoms with van der Waals surface area (Å²) in [4.78, 5) is 27.6. The third kappa shape index (κ3) is 4.95. The maximum atomic E-state index is 12.1. The molecule has 0 spiro atoms. The summed E-state index contributed by atoms with van der Waals surface area (Å²) in [5, 5.41) is 4.19. The molecule has 6 heteroatoms. The first-order chi connectivity index (χ1) is 10.9. The zero-order valence-electron chi connectivity index (χ0n) is 13.5. The minimum absolute atomic E-state index is 0.0642. The van der Waals surface area contributed by atoms with E-state index in [1.807, 2.05) is 12.1 Å². The molecule has 0 bridgehead atoms. The van der Waals surface area contributed by atoms with E-state index in [2.05, 4.69) is 10.3 Å². The quantitative estimate of drug-likeness (QED) is 0.693. The number of nitrogens with one attached hydrogen (secondary N) is 1. The van der Waals surface area contributed by atoms with E-state index in [1.54, 1.807) is 45.3 Å². The highest BCUT2D eigenvalue weighted by Crippen LogP contribution is 2.18. The number of rotatable bonds is 4. The summed E-state index contributed by atoms with van der Waals surface area (Å²) in [6.45, 7) is 5.59. The van der Waals surface area contributed by atoms with Crippen LogP contribution in [0, 0.1) is 0 Å². The molecular formula is C17H20N2O4. The minimum atomic E-state index is -0.559. The Morgan fingerprint density at radius 3 is 2.74 bits per heavy atom. The fraction of sp³-hybridized carbons (Fsp3) is 0.353. The number of carbonyl (C=O) groups is 2. The average molecular weight is 316 g/mol. The fourth-order valence-electron chi connectivity index (χ4n) is 1.98. The first-order valence-electron chi connectivity index (χ1n) is 7.33. The van der Waals surface area contributed by atoms with Crippen LogP contribution in [0.4, 0.5) is 4.79 Å². The molecule has 0 fully saturated rings. The van der Waals surface area contributed by atoms with Gasteiger partial charge in [0.1, 0.15) is 12.2 Å². The van der Waals surface area contributed by atoms with Crippen molar-refractivity contribution in [2.75, 3.05) is 13.2 Å². The van der Waals surface area contributed by atoms with Crippen molar-refractivity contribution in [1.82, 2.24) is 10.3 Å². The number of hydrogen-bond acceptors (Lipinski definition) is 5. The van der Waals surface area contributed by atoms with Gasteiger partial charge >= 0.3 is 12.1 Å². The average Bonchev–Trinajstić information content (AvgIpc) is 2.49. The molecule has 0 aliphatic rings. The van der Waals surface area contributed by atoms with E-state index >= 15 is 0 Å². The van der Waals surface area contributed by atoms with E-state index in [4.69, 9.17) is 9.47 Å². The molecule has 0 aliphatic carbocycles. The Kier molecular flexibility index (Phi) is 5.16. The van der Waals surface area contributed by atoms with Crippen LogP contribution in [-0.4, -0.2) is 35.8 Å².